The summed E-state index contributed by atoms with van der Waals surface area (Å²) in [5.74, 6) is 0.599. The molecule has 0 atom stereocenters. The largest absolute Gasteiger partial charge is 0.328 e. The zero-order chi connectivity index (χ0) is 24.5. The van der Waals surface area contributed by atoms with Crippen LogP contribution in [-0.2, 0) is 27.8 Å². The molecule has 10 heteroatoms. The number of aryl methyl sites for hydroxylation is 3. The van der Waals surface area contributed by atoms with Crippen LogP contribution in [0.5, 0.6) is 0 Å². The highest BCUT2D eigenvalue weighted by molar-refractivity contribution is 7.89. The number of fused-ring (bicyclic) bond motifs is 1. The highest BCUT2D eigenvalue weighted by atomic mass is 32.2. The van der Waals surface area contributed by atoms with Crippen molar-refractivity contribution < 1.29 is 13.2 Å². The van der Waals surface area contributed by atoms with E-state index in [1.165, 1.54) is 35.3 Å². The van der Waals surface area contributed by atoms with Gasteiger partial charge < -0.3 is 9.88 Å². The molecule has 4 rings (SSSR count). The monoisotopic (exact) mass is 497 g/mol. The normalized spacial score (nSPS) is 11.9. The highest BCUT2D eigenvalue weighted by Gasteiger charge is 2.20. The van der Waals surface area contributed by atoms with Gasteiger partial charge in [0.2, 0.25) is 15.9 Å². The number of hydrogen-bond acceptors (Lipinski definition) is 6. The number of benzene rings is 2. The maximum Gasteiger partial charge on any atom is 0.242 e. The average molecular weight is 498 g/mol. The summed E-state index contributed by atoms with van der Waals surface area (Å²) in [7, 11) is -0.544. The number of nitrogens with zero attached hydrogens (tertiary/aromatic N) is 4. The van der Waals surface area contributed by atoms with Gasteiger partial charge in [-0.15, -0.1) is 11.3 Å². The lowest BCUT2D eigenvalue weighted by Gasteiger charge is -2.11. The molecule has 0 saturated heterocycles. The van der Waals surface area contributed by atoms with Crippen molar-refractivity contribution in [1.29, 1.82) is 0 Å². The maximum atomic E-state index is 12.6. The summed E-state index contributed by atoms with van der Waals surface area (Å²) in [4.78, 5) is 21.9. The van der Waals surface area contributed by atoms with Gasteiger partial charge in [-0.05, 0) is 32.0 Å². The lowest BCUT2D eigenvalue weighted by atomic mass is 10.1. The Kier molecular flexibility index (Phi) is 6.83. The molecule has 2 aromatic carbocycles. The minimum absolute atomic E-state index is 0.143. The molecule has 0 aliphatic heterocycles. The topological polar surface area (TPSA) is 97.2 Å². The number of imidazole rings is 1. The number of sulfonamides is 1. The maximum absolute atomic E-state index is 12.6. The second-order valence-electron chi connectivity index (χ2n) is 8.16. The molecule has 34 heavy (non-hydrogen) atoms. The molecule has 0 fully saturated rings. The van der Waals surface area contributed by atoms with Crippen molar-refractivity contribution in [1.82, 2.24) is 18.8 Å². The van der Waals surface area contributed by atoms with Gasteiger partial charge in [0.25, 0.3) is 0 Å². The fourth-order valence-electron chi connectivity index (χ4n) is 3.67. The van der Waals surface area contributed by atoms with Crippen molar-refractivity contribution in [2.45, 2.75) is 38.1 Å². The van der Waals surface area contributed by atoms with Gasteiger partial charge in [0, 0.05) is 44.4 Å². The quantitative estimate of drug-likeness (QED) is 0.391. The average Bonchev–Trinajstić information content (AvgIpc) is 3.41. The van der Waals surface area contributed by atoms with E-state index in [1.807, 2.05) is 48.1 Å². The van der Waals surface area contributed by atoms with E-state index in [-0.39, 0.29) is 17.2 Å². The van der Waals surface area contributed by atoms with Crippen molar-refractivity contribution in [2.24, 2.45) is 0 Å². The molecule has 2 heterocycles. The number of thiazole rings is 1. The van der Waals surface area contributed by atoms with Gasteiger partial charge in [-0.3, -0.25) is 4.79 Å². The number of carbonyl (C=O) groups is 1. The van der Waals surface area contributed by atoms with E-state index >= 15 is 0 Å². The zero-order valence-corrected chi connectivity index (χ0v) is 21.2. The number of hydrogen-bond donors (Lipinski definition) is 1. The molecule has 2 aromatic heterocycles. The van der Waals surface area contributed by atoms with Gasteiger partial charge in [-0.25, -0.2) is 22.7 Å². The molecule has 0 aliphatic carbocycles. The van der Waals surface area contributed by atoms with Gasteiger partial charge in [0.15, 0.2) is 5.13 Å². The summed E-state index contributed by atoms with van der Waals surface area (Å²) < 4.78 is 28.1. The molecule has 0 saturated carbocycles. The third-order valence-corrected chi connectivity index (χ3v) is 8.14. The minimum Gasteiger partial charge on any atom is -0.328 e. The lowest BCUT2D eigenvalue weighted by molar-refractivity contribution is -0.116. The van der Waals surface area contributed by atoms with E-state index in [1.54, 1.807) is 18.2 Å². The number of aromatic nitrogens is 3. The third-order valence-electron chi connectivity index (χ3n) is 5.57. The van der Waals surface area contributed by atoms with Crippen molar-refractivity contribution in [3.63, 3.8) is 0 Å². The number of rotatable bonds is 8. The molecule has 0 bridgehead atoms. The first kappa shape index (κ1) is 24.1. The molecule has 0 radical (unpaired) electrons. The molecule has 1 N–H and O–H groups in total. The molecule has 4 aromatic rings. The van der Waals surface area contributed by atoms with E-state index in [2.05, 4.69) is 15.3 Å². The predicted molar refractivity (Wildman–Crippen MR) is 136 cm³/mol. The Bertz CT molecular complexity index is 1440. The van der Waals surface area contributed by atoms with Crippen LogP contribution in [0.1, 0.15) is 24.7 Å². The Morgan fingerprint density at radius 1 is 1.12 bits per heavy atom. The van der Waals surface area contributed by atoms with Gasteiger partial charge in [0.05, 0.1) is 21.6 Å². The number of carbonyl (C=O) groups excluding carboxylic acids is 1. The zero-order valence-electron chi connectivity index (χ0n) is 19.6. The van der Waals surface area contributed by atoms with Crippen LogP contribution in [0.2, 0.25) is 0 Å². The number of amides is 1. The Balaban J connectivity index is 1.46. The third kappa shape index (κ3) is 4.89. The Morgan fingerprint density at radius 3 is 2.53 bits per heavy atom. The van der Waals surface area contributed by atoms with E-state index in [0.29, 0.717) is 23.6 Å². The number of nitrogens with one attached hydrogen (secondary N) is 1. The Labute approximate surface area is 203 Å². The minimum atomic E-state index is -3.55. The molecular formula is C24H27N5O3S2. The first-order chi connectivity index (χ1) is 16.2. The van der Waals surface area contributed by atoms with Crippen LogP contribution in [0.4, 0.5) is 5.13 Å². The summed E-state index contributed by atoms with van der Waals surface area (Å²) in [6.45, 7) is 4.70. The first-order valence-corrected chi connectivity index (χ1v) is 13.2. The van der Waals surface area contributed by atoms with Gasteiger partial charge in [-0.1, -0.05) is 29.8 Å². The summed E-state index contributed by atoms with van der Waals surface area (Å²) in [5.41, 5.74) is 4.47. The predicted octanol–water partition coefficient (Wildman–Crippen LogP) is 4.31. The molecule has 178 valence electrons. The Hall–Kier alpha value is -3.08. The van der Waals surface area contributed by atoms with Crippen molar-refractivity contribution in [3.8, 4) is 11.3 Å². The van der Waals surface area contributed by atoms with Crippen LogP contribution < -0.4 is 5.32 Å². The summed E-state index contributed by atoms with van der Waals surface area (Å²) in [6, 6.07) is 13.0. The van der Waals surface area contributed by atoms with Gasteiger partial charge >= 0.3 is 0 Å². The summed E-state index contributed by atoms with van der Waals surface area (Å²) >= 11 is 1.39. The van der Waals surface area contributed by atoms with Crippen LogP contribution in [0.25, 0.3) is 22.3 Å². The summed E-state index contributed by atoms with van der Waals surface area (Å²) in [6.07, 6.45) is 0.673. The molecule has 8 nitrogen and oxygen atoms in total. The number of anilines is 1. The van der Waals surface area contributed by atoms with Crippen LogP contribution >= 0.6 is 11.3 Å². The van der Waals surface area contributed by atoms with Crippen molar-refractivity contribution >= 4 is 43.4 Å². The molecular weight excluding hydrogens is 470 g/mol. The van der Waals surface area contributed by atoms with E-state index < -0.39 is 10.0 Å². The molecule has 0 aliphatic rings. The van der Waals surface area contributed by atoms with E-state index in [9.17, 15) is 13.2 Å². The van der Waals surface area contributed by atoms with Crippen LogP contribution in [0.15, 0.2) is 52.7 Å². The lowest BCUT2D eigenvalue weighted by Crippen LogP contribution is -2.22. The summed E-state index contributed by atoms with van der Waals surface area (Å²) in [5, 5.41) is 5.36. The molecule has 0 spiro atoms. The second-order valence-corrected chi connectivity index (χ2v) is 11.2. The van der Waals surface area contributed by atoms with Crippen LogP contribution in [-0.4, -0.2) is 47.3 Å². The van der Waals surface area contributed by atoms with Crippen LogP contribution in [0.3, 0.4) is 0 Å². The van der Waals surface area contributed by atoms with Crippen molar-refractivity contribution in [2.75, 3.05) is 19.4 Å². The van der Waals surface area contributed by atoms with Crippen molar-refractivity contribution in [3.05, 3.63) is 59.2 Å². The van der Waals surface area contributed by atoms with E-state index in [0.717, 1.165) is 22.6 Å². The SMILES string of the molecule is CCn1c(CCC(=O)Nc2nc(-c3ccc(C)cc3)cs2)nc2cc(S(=O)(=O)N(C)C)ccc21. The first-order valence-electron chi connectivity index (χ1n) is 10.9. The second kappa shape index (κ2) is 9.65. The smallest absolute Gasteiger partial charge is 0.242 e. The van der Waals surface area contributed by atoms with Crippen LogP contribution in [0, 0.1) is 6.92 Å². The van der Waals surface area contributed by atoms with E-state index in [4.69, 9.17) is 0 Å². The fraction of sp³-hybridized carbons (Fsp3) is 0.292. The van der Waals surface area contributed by atoms with Gasteiger partial charge in [-0.2, -0.15) is 0 Å². The van der Waals surface area contributed by atoms with Gasteiger partial charge in [0.1, 0.15) is 5.82 Å². The molecule has 1 amide bonds. The highest BCUT2D eigenvalue weighted by Crippen LogP contribution is 2.26. The fourth-order valence-corrected chi connectivity index (χ4v) is 5.33. The Morgan fingerprint density at radius 2 is 1.85 bits per heavy atom. The standard InChI is InChI=1S/C24H27N5O3S2/c1-5-29-21-11-10-18(34(31,32)28(3)4)14-19(21)25-22(29)12-13-23(30)27-24-26-20(15-33-24)17-8-6-16(2)7-9-17/h6-11,14-15H,5,12-13H2,1-4H3,(H,26,27,30). The molecule has 0 unspecified atom stereocenters.